The number of hydrogen-bond donors (Lipinski definition) is 1. The van der Waals surface area contributed by atoms with Crippen LogP contribution in [0, 0.1) is 6.92 Å². The van der Waals surface area contributed by atoms with Gasteiger partial charge in [0.1, 0.15) is 0 Å². The maximum absolute atomic E-state index is 11.2. The van der Waals surface area contributed by atoms with E-state index in [4.69, 9.17) is 4.74 Å². The number of aliphatic hydroxyl groups is 1. The largest absolute Gasteiger partial charge is 0.464 e. The van der Waals surface area contributed by atoms with Crippen LogP contribution in [0.15, 0.2) is 9.85 Å². The highest BCUT2D eigenvalue weighted by atomic mass is 79.9. The van der Waals surface area contributed by atoms with E-state index in [1.165, 1.54) is 11.3 Å². The number of aliphatic hydroxyl groups excluding tert-OH is 1. The highest BCUT2D eigenvalue weighted by Gasteiger charge is 2.21. The molecule has 0 spiro atoms. The molecule has 1 atom stereocenters. The van der Waals surface area contributed by atoms with Crippen LogP contribution >= 0.6 is 27.3 Å². The van der Waals surface area contributed by atoms with Crippen LogP contribution in [0.25, 0.3) is 0 Å². The topological polar surface area (TPSA) is 46.5 Å². The Kier molecular flexibility index (Phi) is 4.10. The lowest BCUT2D eigenvalue weighted by Crippen LogP contribution is -2.14. The van der Waals surface area contributed by atoms with Crippen LogP contribution in [0.2, 0.25) is 0 Å². The first-order chi connectivity index (χ1) is 6.56. The Balaban J connectivity index is 2.78. The van der Waals surface area contributed by atoms with E-state index in [2.05, 4.69) is 15.9 Å². The second-order valence-electron chi connectivity index (χ2n) is 2.76. The molecule has 0 saturated carbocycles. The zero-order chi connectivity index (χ0) is 10.7. The Bertz CT molecular complexity index is 315. The first-order valence-corrected chi connectivity index (χ1v) is 5.77. The molecule has 1 rings (SSSR count). The highest BCUT2D eigenvalue weighted by molar-refractivity contribution is 9.11. The van der Waals surface area contributed by atoms with Crippen LogP contribution in [-0.2, 0) is 9.53 Å². The van der Waals surface area contributed by atoms with Crippen LogP contribution < -0.4 is 0 Å². The van der Waals surface area contributed by atoms with Gasteiger partial charge in [-0.2, -0.15) is 0 Å². The number of rotatable bonds is 3. The van der Waals surface area contributed by atoms with Crippen LogP contribution in [-0.4, -0.2) is 17.7 Å². The van der Waals surface area contributed by atoms with Gasteiger partial charge in [-0.3, -0.25) is 0 Å². The molecule has 0 aliphatic heterocycles. The van der Waals surface area contributed by atoms with Gasteiger partial charge in [-0.15, -0.1) is 11.3 Å². The molecule has 78 valence electrons. The third kappa shape index (κ3) is 2.56. The van der Waals surface area contributed by atoms with Crippen LogP contribution in [0.1, 0.15) is 23.5 Å². The molecular weight excluding hydrogens is 268 g/mol. The molecule has 1 aromatic heterocycles. The van der Waals surface area contributed by atoms with Gasteiger partial charge in [-0.25, -0.2) is 4.79 Å². The van der Waals surface area contributed by atoms with Crippen molar-refractivity contribution in [1.29, 1.82) is 0 Å². The number of carbonyl (C=O) groups is 1. The van der Waals surface area contributed by atoms with Crippen molar-refractivity contribution in [1.82, 2.24) is 0 Å². The second kappa shape index (κ2) is 4.91. The van der Waals surface area contributed by atoms with Gasteiger partial charge in [-0.05, 0) is 41.4 Å². The molecular formula is C9H11BrO3S. The van der Waals surface area contributed by atoms with Crippen molar-refractivity contribution in [3.05, 3.63) is 20.3 Å². The number of hydrogen-bond acceptors (Lipinski definition) is 4. The van der Waals surface area contributed by atoms with Crippen molar-refractivity contribution in [2.75, 3.05) is 6.61 Å². The minimum absolute atomic E-state index is 0.279. The summed E-state index contributed by atoms with van der Waals surface area (Å²) in [6.45, 7) is 3.89. The Morgan fingerprint density at radius 3 is 2.86 bits per heavy atom. The predicted octanol–water partition coefficient (Wildman–Crippen LogP) is 2.42. The van der Waals surface area contributed by atoms with Gasteiger partial charge in [0, 0.05) is 4.88 Å². The summed E-state index contributed by atoms with van der Waals surface area (Å²) >= 11 is 4.67. The highest BCUT2D eigenvalue weighted by Crippen LogP contribution is 2.31. The third-order valence-corrected chi connectivity index (χ3v) is 3.84. The Labute approximate surface area is 94.8 Å². The van der Waals surface area contributed by atoms with E-state index >= 15 is 0 Å². The quantitative estimate of drug-likeness (QED) is 0.864. The molecule has 1 unspecified atom stereocenters. The van der Waals surface area contributed by atoms with Gasteiger partial charge in [0.25, 0.3) is 0 Å². The van der Waals surface area contributed by atoms with Gasteiger partial charge in [0.2, 0.25) is 0 Å². The van der Waals surface area contributed by atoms with Crippen LogP contribution in [0.4, 0.5) is 0 Å². The fraction of sp³-hybridized carbons (Fsp3) is 0.444. The number of thiophene rings is 1. The third-order valence-electron chi connectivity index (χ3n) is 1.66. The summed E-state index contributed by atoms with van der Waals surface area (Å²) in [6.07, 6.45) is -1.16. The molecule has 3 nitrogen and oxygen atoms in total. The average molecular weight is 279 g/mol. The van der Waals surface area contributed by atoms with Gasteiger partial charge in [-0.1, -0.05) is 0 Å². The maximum Gasteiger partial charge on any atom is 0.340 e. The Morgan fingerprint density at radius 2 is 2.43 bits per heavy atom. The van der Waals surface area contributed by atoms with E-state index in [1.807, 2.05) is 6.92 Å². The lowest BCUT2D eigenvalue weighted by Gasteiger charge is -2.06. The molecule has 0 fully saturated rings. The number of esters is 1. The van der Waals surface area contributed by atoms with E-state index in [9.17, 15) is 9.90 Å². The first-order valence-electron chi connectivity index (χ1n) is 4.16. The van der Waals surface area contributed by atoms with Crippen molar-refractivity contribution in [3.8, 4) is 0 Å². The fourth-order valence-electron chi connectivity index (χ4n) is 0.956. The summed E-state index contributed by atoms with van der Waals surface area (Å²) in [5, 5.41) is 9.57. The molecule has 0 aromatic carbocycles. The van der Waals surface area contributed by atoms with Gasteiger partial charge < -0.3 is 9.84 Å². The van der Waals surface area contributed by atoms with Crippen molar-refractivity contribution < 1.29 is 14.6 Å². The molecule has 0 aliphatic carbocycles. The minimum Gasteiger partial charge on any atom is -0.464 e. The normalized spacial score (nSPS) is 12.6. The first kappa shape index (κ1) is 11.7. The maximum atomic E-state index is 11.2. The van der Waals surface area contributed by atoms with Gasteiger partial charge in [0.05, 0.1) is 10.4 Å². The Hall–Kier alpha value is -0.390. The number of ether oxygens (including phenoxy) is 1. The van der Waals surface area contributed by atoms with Crippen molar-refractivity contribution >= 4 is 33.2 Å². The van der Waals surface area contributed by atoms with E-state index in [0.717, 1.165) is 9.35 Å². The van der Waals surface area contributed by atoms with Crippen LogP contribution in [0.5, 0.6) is 0 Å². The number of carbonyl (C=O) groups excluding carboxylic acids is 1. The second-order valence-corrected chi connectivity index (χ2v) is 5.16. The fourth-order valence-corrected chi connectivity index (χ4v) is 2.50. The molecule has 5 heteroatoms. The van der Waals surface area contributed by atoms with E-state index in [-0.39, 0.29) is 6.61 Å². The smallest absolute Gasteiger partial charge is 0.340 e. The van der Waals surface area contributed by atoms with E-state index < -0.39 is 12.1 Å². The summed E-state index contributed by atoms with van der Waals surface area (Å²) in [4.78, 5) is 11.8. The van der Waals surface area contributed by atoms with Crippen molar-refractivity contribution in [3.63, 3.8) is 0 Å². The summed E-state index contributed by atoms with van der Waals surface area (Å²) in [7, 11) is 0. The number of halogens is 1. The summed E-state index contributed by atoms with van der Waals surface area (Å²) in [5.74, 6) is -0.596. The number of aryl methyl sites for hydroxylation is 1. The zero-order valence-electron chi connectivity index (χ0n) is 7.91. The molecule has 0 aliphatic rings. The van der Waals surface area contributed by atoms with E-state index in [0.29, 0.717) is 4.88 Å². The lowest BCUT2D eigenvalue weighted by molar-refractivity contribution is -0.153. The molecule has 1 aromatic rings. The minimum atomic E-state index is -1.16. The van der Waals surface area contributed by atoms with Crippen molar-refractivity contribution in [2.24, 2.45) is 0 Å². The molecule has 0 bridgehead atoms. The molecule has 14 heavy (non-hydrogen) atoms. The molecule has 0 amide bonds. The molecule has 1 N–H and O–H groups in total. The summed E-state index contributed by atoms with van der Waals surface area (Å²) in [5.41, 5.74) is 1.01. The predicted molar refractivity (Wildman–Crippen MR) is 58.3 cm³/mol. The lowest BCUT2D eigenvalue weighted by atomic mass is 10.2. The van der Waals surface area contributed by atoms with Crippen LogP contribution in [0.3, 0.4) is 0 Å². The summed E-state index contributed by atoms with van der Waals surface area (Å²) < 4.78 is 5.64. The monoisotopic (exact) mass is 278 g/mol. The van der Waals surface area contributed by atoms with E-state index in [1.54, 1.807) is 13.0 Å². The van der Waals surface area contributed by atoms with Crippen molar-refractivity contribution in [2.45, 2.75) is 20.0 Å². The standard InChI is InChI=1S/C9H11BrO3S/c1-3-13-9(12)7(11)6-4-5(2)8(10)14-6/h4,7,11H,3H2,1-2H3. The summed E-state index contributed by atoms with van der Waals surface area (Å²) in [6, 6.07) is 1.77. The Morgan fingerprint density at radius 1 is 1.79 bits per heavy atom. The molecule has 0 saturated heterocycles. The zero-order valence-corrected chi connectivity index (χ0v) is 10.3. The van der Waals surface area contributed by atoms with Gasteiger partial charge >= 0.3 is 5.97 Å². The van der Waals surface area contributed by atoms with Gasteiger partial charge in [0.15, 0.2) is 6.10 Å². The average Bonchev–Trinajstić information content (AvgIpc) is 2.46. The SMILES string of the molecule is CCOC(=O)C(O)c1cc(C)c(Br)s1. The molecule has 0 radical (unpaired) electrons. The molecule has 1 heterocycles.